The van der Waals surface area contributed by atoms with E-state index >= 15 is 0 Å². The van der Waals surface area contributed by atoms with Gasteiger partial charge in [0.25, 0.3) is 0 Å². The quantitative estimate of drug-likeness (QED) is 0.228. The number of ether oxygens (including phenoxy) is 1. The van der Waals surface area contributed by atoms with Gasteiger partial charge >= 0.3 is 0 Å². The molecular formula is C15H34IN3O. The summed E-state index contributed by atoms with van der Waals surface area (Å²) >= 11 is 0. The van der Waals surface area contributed by atoms with Crippen LogP contribution in [0.1, 0.15) is 59.3 Å². The van der Waals surface area contributed by atoms with E-state index < -0.39 is 0 Å². The van der Waals surface area contributed by atoms with Crippen LogP contribution in [0.15, 0.2) is 4.99 Å². The highest BCUT2D eigenvalue weighted by molar-refractivity contribution is 14.0. The van der Waals surface area contributed by atoms with Gasteiger partial charge < -0.3 is 15.4 Å². The molecule has 0 fully saturated rings. The molecule has 4 nitrogen and oxygen atoms in total. The molecule has 0 aliphatic rings. The Bertz CT molecular complexity index is 213. The van der Waals surface area contributed by atoms with Crippen LogP contribution >= 0.6 is 24.0 Å². The van der Waals surface area contributed by atoms with Gasteiger partial charge in [0, 0.05) is 32.8 Å². The molecule has 2 N–H and O–H groups in total. The molecule has 0 bridgehead atoms. The first-order valence-corrected chi connectivity index (χ1v) is 7.95. The summed E-state index contributed by atoms with van der Waals surface area (Å²) in [6, 6.07) is 0. The molecule has 0 rings (SSSR count). The molecule has 0 atom stereocenters. The minimum absolute atomic E-state index is 0. The summed E-state index contributed by atoms with van der Waals surface area (Å²) in [7, 11) is 0. The zero-order valence-corrected chi connectivity index (χ0v) is 15.9. The third kappa shape index (κ3) is 16.0. The Hall–Kier alpha value is -0.0400. The molecule has 122 valence electrons. The first kappa shape index (κ1) is 22.2. The van der Waals surface area contributed by atoms with E-state index in [1.165, 1.54) is 25.7 Å². The molecule has 0 aromatic rings. The lowest BCUT2D eigenvalue weighted by Gasteiger charge is -2.11. The second kappa shape index (κ2) is 19.0. The van der Waals surface area contributed by atoms with E-state index in [0.717, 1.165) is 51.6 Å². The number of hydrogen-bond acceptors (Lipinski definition) is 2. The SMILES string of the molecule is CCCCCCN=C(NCC)NCCCCOCC.I. The van der Waals surface area contributed by atoms with Gasteiger partial charge in [-0.2, -0.15) is 0 Å². The van der Waals surface area contributed by atoms with Crippen LogP contribution in [0.3, 0.4) is 0 Å². The van der Waals surface area contributed by atoms with Gasteiger partial charge in [-0.15, -0.1) is 24.0 Å². The molecule has 0 saturated heterocycles. The third-order valence-corrected chi connectivity index (χ3v) is 2.84. The van der Waals surface area contributed by atoms with E-state index in [1.54, 1.807) is 0 Å². The molecule has 0 aliphatic heterocycles. The zero-order valence-electron chi connectivity index (χ0n) is 13.5. The van der Waals surface area contributed by atoms with Crippen LogP contribution in [0.25, 0.3) is 0 Å². The highest BCUT2D eigenvalue weighted by Crippen LogP contribution is 1.98. The molecule has 0 aromatic carbocycles. The summed E-state index contributed by atoms with van der Waals surface area (Å²) in [6.45, 7) is 10.9. The summed E-state index contributed by atoms with van der Waals surface area (Å²) in [6.07, 6.45) is 7.30. The lowest BCUT2D eigenvalue weighted by molar-refractivity contribution is 0.143. The van der Waals surface area contributed by atoms with Crippen LogP contribution in [0.2, 0.25) is 0 Å². The maximum atomic E-state index is 5.32. The van der Waals surface area contributed by atoms with Crippen LogP contribution < -0.4 is 10.6 Å². The molecule has 0 aliphatic carbocycles. The molecule has 0 unspecified atom stereocenters. The van der Waals surface area contributed by atoms with E-state index in [9.17, 15) is 0 Å². The largest absolute Gasteiger partial charge is 0.382 e. The normalized spacial score (nSPS) is 11.1. The minimum atomic E-state index is 0. The summed E-state index contributed by atoms with van der Waals surface area (Å²) in [5.74, 6) is 0.954. The van der Waals surface area contributed by atoms with Gasteiger partial charge in [0.2, 0.25) is 0 Å². The molecule has 0 amide bonds. The van der Waals surface area contributed by atoms with Crippen molar-refractivity contribution in [2.75, 3.05) is 32.8 Å². The van der Waals surface area contributed by atoms with Gasteiger partial charge in [-0.3, -0.25) is 4.99 Å². The molecule has 20 heavy (non-hydrogen) atoms. The van der Waals surface area contributed by atoms with Crippen molar-refractivity contribution in [2.45, 2.75) is 59.3 Å². The molecule has 0 saturated carbocycles. The van der Waals surface area contributed by atoms with Gasteiger partial charge in [-0.25, -0.2) is 0 Å². The lowest BCUT2D eigenvalue weighted by Crippen LogP contribution is -2.37. The molecule has 0 spiro atoms. The molecule has 0 aromatic heterocycles. The second-order valence-electron chi connectivity index (χ2n) is 4.65. The zero-order chi connectivity index (χ0) is 14.2. The van der Waals surface area contributed by atoms with Crippen molar-refractivity contribution in [1.29, 1.82) is 0 Å². The van der Waals surface area contributed by atoms with E-state index in [0.29, 0.717) is 0 Å². The van der Waals surface area contributed by atoms with Crippen molar-refractivity contribution < 1.29 is 4.74 Å². The average Bonchev–Trinajstić information content (AvgIpc) is 2.42. The van der Waals surface area contributed by atoms with Gasteiger partial charge in [-0.1, -0.05) is 26.2 Å². The summed E-state index contributed by atoms with van der Waals surface area (Å²) in [4.78, 5) is 4.58. The van der Waals surface area contributed by atoms with Crippen molar-refractivity contribution in [3.63, 3.8) is 0 Å². The first-order valence-electron chi connectivity index (χ1n) is 7.95. The van der Waals surface area contributed by atoms with Crippen molar-refractivity contribution in [2.24, 2.45) is 4.99 Å². The minimum Gasteiger partial charge on any atom is -0.382 e. The fourth-order valence-corrected chi connectivity index (χ4v) is 1.75. The Morgan fingerprint density at radius 2 is 1.75 bits per heavy atom. The molecule has 0 radical (unpaired) electrons. The van der Waals surface area contributed by atoms with E-state index in [2.05, 4.69) is 29.5 Å². The Labute approximate surface area is 142 Å². The number of unbranched alkanes of at least 4 members (excludes halogenated alkanes) is 4. The van der Waals surface area contributed by atoms with Crippen molar-refractivity contribution in [3.05, 3.63) is 0 Å². The fourth-order valence-electron chi connectivity index (χ4n) is 1.75. The topological polar surface area (TPSA) is 45.7 Å². The van der Waals surface area contributed by atoms with Crippen molar-refractivity contribution in [3.8, 4) is 0 Å². The summed E-state index contributed by atoms with van der Waals surface area (Å²) in [5.41, 5.74) is 0. The van der Waals surface area contributed by atoms with Crippen LogP contribution in [0.5, 0.6) is 0 Å². The number of nitrogens with zero attached hydrogens (tertiary/aromatic N) is 1. The first-order chi connectivity index (χ1) is 9.35. The number of aliphatic imine (C=N–C) groups is 1. The maximum Gasteiger partial charge on any atom is 0.191 e. The number of guanidine groups is 1. The van der Waals surface area contributed by atoms with Gasteiger partial charge in [0.15, 0.2) is 5.96 Å². The highest BCUT2D eigenvalue weighted by atomic mass is 127. The standard InChI is InChI=1S/C15H33N3O.HI/c1-4-7-8-9-12-17-15(16-5-2)18-13-10-11-14-19-6-3;/h4-14H2,1-3H3,(H2,16,17,18);1H. The van der Waals surface area contributed by atoms with Gasteiger partial charge in [-0.05, 0) is 33.1 Å². The summed E-state index contributed by atoms with van der Waals surface area (Å²) < 4.78 is 5.32. The Kier molecular flexibility index (Phi) is 21.1. The Balaban J connectivity index is 0. The molecule has 5 heteroatoms. The average molecular weight is 399 g/mol. The number of rotatable bonds is 12. The fraction of sp³-hybridized carbons (Fsp3) is 0.933. The smallest absolute Gasteiger partial charge is 0.191 e. The van der Waals surface area contributed by atoms with Crippen molar-refractivity contribution >= 4 is 29.9 Å². The van der Waals surface area contributed by atoms with Crippen LogP contribution in [0, 0.1) is 0 Å². The third-order valence-electron chi connectivity index (χ3n) is 2.84. The maximum absolute atomic E-state index is 5.32. The van der Waals surface area contributed by atoms with E-state index in [1.807, 2.05) is 6.92 Å². The predicted octanol–water partition coefficient (Wildman–Crippen LogP) is 3.56. The Morgan fingerprint density at radius 1 is 0.950 bits per heavy atom. The highest BCUT2D eigenvalue weighted by Gasteiger charge is 1.96. The van der Waals surface area contributed by atoms with E-state index in [4.69, 9.17) is 4.74 Å². The Morgan fingerprint density at radius 3 is 2.40 bits per heavy atom. The van der Waals surface area contributed by atoms with Gasteiger partial charge in [0.05, 0.1) is 0 Å². The monoisotopic (exact) mass is 399 g/mol. The second-order valence-corrected chi connectivity index (χ2v) is 4.65. The van der Waals surface area contributed by atoms with Gasteiger partial charge in [0.1, 0.15) is 0 Å². The molecule has 0 heterocycles. The predicted molar refractivity (Wildman–Crippen MR) is 99.3 cm³/mol. The van der Waals surface area contributed by atoms with Crippen LogP contribution in [-0.4, -0.2) is 38.8 Å². The molecular weight excluding hydrogens is 365 g/mol. The number of halogens is 1. The van der Waals surface area contributed by atoms with E-state index in [-0.39, 0.29) is 24.0 Å². The van der Waals surface area contributed by atoms with Crippen molar-refractivity contribution in [1.82, 2.24) is 10.6 Å². The van der Waals surface area contributed by atoms with Crippen LogP contribution in [-0.2, 0) is 4.74 Å². The summed E-state index contributed by atoms with van der Waals surface area (Å²) in [5, 5.41) is 6.66. The van der Waals surface area contributed by atoms with Crippen LogP contribution in [0.4, 0.5) is 0 Å². The number of hydrogen-bond donors (Lipinski definition) is 2. The number of nitrogens with one attached hydrogen (secondary N) is 2. The lowest BCUT2D eigenvalue weighted by atomic mass is 10.2.